The topological polar surface area (TPSA) is 39.5 Å². The van der Waals surface area contributed by atoms with Gasteiger partial charge in [-0.05, 0) is 132 Å². The summed E-state index contributed by atoms with van der Waals surface area (Å²) in [7, 11) is 0. The molecule has 0 spiro atoms. The van der Waals surface area contributed by atoms with E-state index in [4.69, 9.17) is 9.47 Å². The van der Waals surface area contributed by atoms with Crippen LogP contribution in [-0.2, 0) is 25.5 Å². The minimum absolute atomic E-state index is 0. The average Bonchev–Trinajstić information content (AvgIpc) is 3.63. The van der Waals surface area contributed by atoms with Crippen molar-refractivity contribution < 1.29 is 29.6 Å². The van der Waals surface area contributed by atoms with Crippen molar-refractivity contribution in [2.45, 2.75) is 33.1 Å². The zero-order valence-electron chi connectivity index (χ0n) is 30.8. The van der Waals surface area contributed by atoms with Crippen LogP contribution in [0.2, 0.25) is 0 Å². The van der Waals surface area contributed by atoms with E-state index in [1.54, 1.807) is 0 Å². The molecule has 0 N–H and O–H groups in total. The average molecular weight is 883 g/mol. The third kappa shape index (κ3) is 5.96. The summed E-state index contributed by atoms with van der Waals surface area (Å²) < 4.78 is 14.0. The molecule has 9 rings (SSSR count). The molecule has 2 heterocycles. The van der Waals surface area contributed by atoms with Crippen molar-refractivity contribution in [3.63, 3.8) is 0 Å². The minimum Gasteiger partial charge on any atom is -0.494 e. The third-order valence-electron chi connectivity index (χ3n) is 10.5. The number of ether oxygens (including phenoxy) is 2. The largest absolute Gasteiger partial charge is 0.494 e. The molecule has 0 aliphatic heterocycles. The second-order valence-corrected chi connectivity index (χ2v) is 14.0. The van der Waals surface area contributed by atoms with Gasteiger partial charge in [-0.1, -0.05) is 50.2 Å². The van der Waals surface area contributed by atoms with Crippen molar-refractivity contribution in [3.8, 4) is 39.6 Å². The van der Waals surface area contributed by atoms with E-state index < -0.39 is 0 Å². The first kappa shape index (κ1) is 35.4. The van der Waals surface area contributed by atoms with E-state index >= 15 is 0 Å². The molecule has 0 saturated carbocycles. The maximum Gasteiger partial charge on any atom is 0.119 e. The maximum atomic E-state index is 5.81. The number of aromatic nitrogens is 2. The first-order valence-electron chi connectivity index (χ1n) is 18.4. The first-order chi connectivity index (χ1) is 25.9. The number of rotatable bonds is 9. The van der Waals surface area contributed by atoms with Crippen LogP contribution in [0.25, 0.3) is 49.9 Å². The summed E-state index contributed by atoms with van der Waals surface area (Å²) in [6.45, 7) is 9.95. The van der Waals surface area contributed by atoms with Crippen LogP contribution in [-0.4, -0.2) is 22.8 Å². The van der Waals surface area contributed by atoms with Gasteiger partial charge in [0.25, 0.3) is 0 Å². The molecule has 1 aliphatic rings. The summed E-state index contributed by atoms with van der Waals surface area (Å²) in [5.41, 5.74) is 13.5. The molecule has 1 radical (unpaired) electrons. The Kier molecular flexibility index (Phi) is 9.35. The monoisotopic (exact) mass is 883 g/mol. The van der Waals surface area contributed by atoms with Gasteiger partial charge in [-0.25, -0.2) is 0 Å². The summed E-state index contributed by atoms with van der Waals surface area (Å²) in [5, 5.41) is 2.38. The van der Waals surface area contributed by atoms with Gasteiger partial charge in [0.05, 0.1) is 24.2 Å². The Bertz CT molecular complexity index is 2560. The Labute approximate surface area is 330 Å². The van der Waals surface area contributed by atoms with Gasteiger partial charge >= 0.3 is 0 Å². The molecular formula is C48H40IrN3O2-. The molecule has 0 unspecified atom stereocenters. The van der Waals surface area contributed by atoms with E-state index in [1.165, 1.54) is 38.5 Å². The molecular weight excluding hydrogens is 843 g/mol. The third-order valence-corrected chi connectivity index (χ3v) is 10.5. The SMILES string of the molecule is CCOc1ccc(N(c2ccc(OCC)cc2)c2ccc3c(c2)c2cc4c(cc2n3-c2cc[c-]c(-c3ccccn3)c2)C(C)(C)c2ccccc2-4)cc1.[Ir]. The van der Waals surface area contributed by atoms with Crippen LogP contribution in [0.5, 0.6) is 11.5 Å². The van der Waals surface area contributed by atoms with Crippen LogP contribution in [0.15, 0.2) is 146 Å². The zero-order chi connectivity index (χ0) is 36.1. The predicted molar refractivity (Wildman–Crippen MR) is 217 cm³/mol. The van der Waals surface area contributed by atoms with E-state index in [1.807, 2.05) is 68.6 Å². The molecule has 0 bridgehead atoms. The fraction of sp³-hybridized carbons (Fsp3) is 0.146. The van der Waals surface area contributed by atoms with E-state index in [2.05, 4.69) is 125 Å². The van der Waals surface area contributed by atoms with Gasteiger partial charge in [-0.2, -0.15) is 0 Å². The van der Waals surface area contributed by atoms with Gasteiger partial charge in [-0.3, -0.25) is 0 Å². The molecule has 0 fully saturated rings. The van der Waals surface area contributed by atoms with Gasteiger partial charge < -0.3 is 23.9 Å². The van der Waals surface area contributed by atoms with Gasteiger partial charge in [-0.15, -0.1) is 29.8 Å². The molecule has 6 heteroatoms. The Morgan fingerprint density at radius 1 is 0.630 bits per heavy atom. The number of pyridine rings is 1. The number of nitrogens with zero attached hydrogens (tertiary/aromatic N) is 3. The number of anilines is 3. The normalized spacial score (nSPS) is 12.6. The van der Waals surface area contributed by atoms with Crippen LogP contribution >= 0.6 is 0 Å². The van der Waals surface area contributed by atoms with Crippen molar-refractivity contribution in [2.24, 2.45) is 0 Å². The zero-order valence-corrected chi connectivity index (χ0v) is 33.2. The van der Waals surface area contributed by atoms with E-state index in [9.17, 15) is 0 Å². The molecule has 8 aromatic rings. The Morgan fingerprint density at radius 3 is 1.94 bits per heavy atom. The molecule has 2 aromatic heterocycles. The van der Waals surface area contributed by atoms with E-state index in [0.29, 0.717) is 13.2 Å². The molecule has 0 amide bonds. The number of hydrogen-bond acceptors (Lipinski definition) is 4. The molecule has 54 heavy (non-hydrogen) atoms. The van der Waals surface area contributed by atoms with Crippen molar-refractivity contribution in [3.05, 3.63) is 163 Å². The van der Waals surface area contributed by atoms with Gasteiger partial charge in [0.1, 0.15) is 11.5 Å². The van der Waals surface area contributed by atoms with Crippen molar-refractivity contribution in [1.82, 2.24) is 9.55 Å². The number of hydrogen-bond donors (Lipinski definition) is 0. The number of benzene rings is 6. The Hall–Kier alpha value is -5.68. The first-order valence-corrected chi connectivity index (χ1v) is 18.4. The molecule has 0 atom stereocenters. The molecule has 1 aliphatic carbocycles. The predicted octanol–water partition coefficient (Wildman–Crippen LogP) is 12.2. The smallest absolute Gasteiger partial charge is 0.119 e. The van der Waals surface area contributed by atoms with Crippen LogP contribution in [0.4, 0.5) is 17.1 Å². The summed E-state index contributed by atoms with van der Waals surface area (Å²) in [4.78, 5) is 6.95. The quantitative estimate of drug-likeness (QED) is 0.135. The Morgan fingerprint density at radius 2 is 1.28 bits per heavy atom. The van der Waals surface area contributed by atoms with Gasteiger partial charge in [0, 0.05) is 59.6 Å². The fourth-order valence-corrected chi connectivity index (χ4v) is 8.05. The van der Waals surface area contributed by atoms with Crippen LogP contribution in [0.1, 0.15) is 38.8 Å². The fourth-order valence-electron chi connectivity index (χ4n) is 8.05. The van der Waals surface area contributed by atoms with Gasteiger partial charge in [0.15, 0.2) is 0 Å². The maximum absolute atomic E-state index is 5.81. The van der Waals surface area contributed by atoms with Crippen LogP contribution < -0.4 is 14.4 Å². The van der Waals surface area contributed by atoms with Crippen molar-refractivity contribution in [1.29, 1.82) is 0 Å². The summed E-state index contributed by atoms with van der Waals surface area (Å²) in [6.07, 6.45) is 1.83. The van der Waals surface area contributed by atoms with E-state index in [0.717, 1.165) is 51.0 Å². The van der Waals surface area contributed by atoms with Crippen molar-refractivity contribution in [2.75, 3.05) is 18.1 Å². The standard InChI is InChI=1S/C48H40N3O2.Ir/c1-5-52-37-22-17-33(18-23-37)50(34-19-24-38(25-20-34)53-6-2)36-21-26-46-41(29-36)42-30-40-39-14-7-8-15-43(39)48(3,4)44(40)31-47(42)51(46)35-13-11-12-32(28-35)45-16-9-10-27-49-45;/h7-11,13-31H,5-6H2,1-4H3;/q-1;. The summed E-state index contributed by atoms with van der Waals surface area (Å²) >= 11 is 0. The minimum atomic E-state index is -0.131. The molecule has 6 aromatic carbocycles. The summed E-state index contributed by atoms with van der Waals surface area (Å²) in [5.74, 6) is 1.70. The Balaban J connectivity index is 0.00000413. The molecule has 5 nitrogen and oxygen atoms in total. The second-order valence-electron chi connectivity index (χ2n) is 14.0. The molecule has 269 valence electrons. The van der Waals surface area contributed by atoms with Gasteiger partial charge in [0.2, 0.25) is 0 Å². The van der Waals surface area contributed by atoms with Crippen LogP contribution in [0.3, 0.4) is 0 Å². The van der Waals surface area contributed by atoms with E-state index in [-0.39, 0.29) is 25.5 Å². The van der Waals surface area contributed by atoms with Crippen molar-refractivity contribution >= 4 is 38.9 Å². The number of fused-ring (bicyclic) bond motifs is 6. The van der Waals surface area contributed by atoms with Crippen LogP contribution in [0, 0.1) is 6.07 Å². The summed E-state index contributed by atoms with van der Waals surface area (Å²) in [6, 6.07) is 53.0. The second kappa shape index (κ2) is 14.3. The molecule has 0 saturated heterocycles.